The van der Waals surface area contributed by atoms with E-state index in [2.05, 4.69) is 0 Å². The Kier molecular flexibility index (Phi) is 5.19. The van der Waals surface area contributed by atoms with Crippen molar-refractivity contribution in [1.82, 2.24) is 5.06 Å². The van der Waals surface area contributed by atoms with E-state index in [0.717, 1.165) is 46.1 Å². The summed E-state index contributed by atoms with van der Waals surface area (Å²) in [5.41, 5.74) is 3.29. The van der Waals surface area contributed by atoms with Crippen molar-refractivity contribution in [2.45, 2.75) is 26.7 Å². The van der Waals surface area contributed by atoms with E-state index in [-0.39, 0.29) is 18.4 Å². The van der Waals surface area contributed by atoms with Crippen molar-refractivity contribution >= 4 is 12.0 Å². The number of hydrogen-bond donors (Lipinski definition) is 1. The van der Waals surface area contributed by atoms with Crippen LogP contribution in [0.15, 0.2) is 54.1 Å². The van der Waals surface area contributed by atoms with Crippen LogP contribution in [0.4, 0.5) is 0 Å². The Hall–Kier alpha value is -2.59. The van der Waals surface area contributed by atoms with Crippen LogP contribution < -0.4 is 4.74 Å². The zero-order valence-electron chi connectivity index (χ0n) is 14.6. The lowest BCUT2D eigenvalue weighted by Gasteiger charge is -2.23. The summed E-state index contributed by atoms with van der Waals surface area (Å²) in [6.07, 6.45) is 3.67. The molecule has 0 spiro atoms. The highest BCUT2D eigenvalue weighted by atomic mass is 16.5. The molecule has 25 heavy (non-hydrogen) atoms. The zero-order chi connectivity index (χ0) is 17.8. The summed E-state index contributed by atoms with van der Waals surface area (Å²) >= 11 is 0. The maximum Gasteiger partial charge on any atom is 0.248 e. The van der Waals surface area contributed by atoms with Gasteiger partial charge in [-0.15, -0.1) is 0 Å². The Bertz CT molecular complexity index is 781. The van der Waals surface area contributed by atoms with E-state index in [9.17, 15) is 10.0 Å². The monoisotopic (exact) mass is 337 g/mol. The van der Waals surface area contributed by atoms with Gasteiger partial charge in [-0.05, 0) is 42.2 Å². The normalized spacial score (nSPS) is 13.2. The minimum Gasteiger partial charge on any atom is -0.457 e. The van der Waals surface area contributed by atoms with E-state index in [1.165, 1.54) is 0 Å². The number of carbonyl (C=O) groups excluding carboxylic acids is 1. The number of amides is 1. The smallest absolute Gasteiger partial charge is 0.248 e. The van der Waals surface area contributed by atoms with E-state index in [0.29, 0.717) is 0 Å². The summed E-state index contributed by atoms with van der Waals surface area (Å²) in [6, 6.07) is 15.7. The quantitative estimate of drug-likeness (QED) is 0.636. The molecule has 0 heterocycles. The van der Waals surface area contributed by atoms with E-state index in [1.54, 1.807) is 13.8 Å². The second kappa shape index (κ2) is 7.53. The lowest BCUT2D eigenvalue weighted by molar-refractivity contribution is -0.167. The number of ether oxygens (including phenoxy) is 1. The first kappa shape index (κ1) is 17.2. The van der Waals surface area contributed by atoms with Gasteiger partial charge in [0.05, 0.1) is 6.54 Å². The van der Waals surface area contributed by atoms with E-state index in [4.69, 9.17) is 4.74 Å². The molecular formula is C21H23NO3. The van der Waals surface area contributed by atoms with Gasteiger partial charge in [0, 0.05) is 11.5 Å². The minimum atomic E-state index is -0.257. The fourth-order valence-corrected chi connectivity index (χ4v) is 2.97. The zero-order valence-corrected chi connectivity index (χ0v) is 14.6. The number of hydrogen-bond acceptors (Lipinski definition) is 3. The van der Waals surface area contributed by atoms with Gasteiger partial charge in [0.2, 0.25) is 5.91 Å². The molecule has 4 heteroatoms. The van der Waals surface area contributed by atoms with E-state index < -0.39 is 0 Å². The highest BCUT2D eigenvalue weighted by molar-refractivity contribution is 5.77. The average Bonchev–Trinajstić information content (AvgIpc) is 2.62. The molecule has 1 N–H and O–H groups in total. The summed E-state index contributed by atoms with van der Waals surface area (Å²) in [5.74, 6) is 1.20. The Morgan fingerprint density at radius 2 is 1.88 bits per heavy atom. The number of benzene rings is 2. The summed E-state index contributed by atoms with van der Waals surface area (Å²) in [7, 11) is 0. The van der Waals surface area contributed by atoms with Crippen LogP contribution in [-0.4, -0.2) is 22.7 Å². The highest BCUT2D eigenvalue weighted by Crippen LogP contribution is 2.34. The predicted octanol–water partition coefficient (Wildman–Crippen LogP) is 4.68. The molecule has 0 saturated carbocycles. The van der Waals surface area contributed by atoms with Crippen molar-refractivity contribution in [1.29, 1.82) is 0 Å². The highest BCUT2D eigenvalue weighted by Gasteiger charge is 2.20. The molecule has 2 aromatic carbocycles. The lowest BCUT2D eigenvalue weighted by Crippen LogP contribution is -2.33. The molecule has 0 fully saturated rings. The molecule has 0 unspecified atom stereocenters. The van der Waals surface area contributed by atoms with Crippen molar-refractivity contribution in [2.75, 3.05) is 6.54 Å². The lowest BCUT2D eigenvalue weighted by atomic mass is 9.91. The minimum absolute atomic E-state index is 0.215. The SMILES string of the molecule is CC(C)C(=O)N(O)CC1=Cc2cccc(Oc3ccccc3)c2CC1. The summed E-state index contributed by atoms with van der Waals surface area (Å²) in [5, 5.41) is 10.8. The third-order valence-electron chi connectivity index (χ3n) is 4.30. The number of carbonyl (C=O) groups is 1. The molecule has 0 atom stereocenters. The summed E-state index contributed by atoms with van der Waals surface area (Å²) in [6.45, 7) is 3.81. The van der Waals surface area contributed by atoms with Gasteiger partial charge >= 0.3 is 0 Å². The first-order valence-corrected chi connectivity index (χ1v) is 8.59. The topological polar surface area (TPSA) is 49.8 Å². The molecular weight excluding hydrogens is 314 g/mol. The third-order valence-corrected chi connectivity index (χ3v) is 4.30. The van der Waals surface area contributed by atoms with Gasteiger partial charge in [-0.1, -0.05) is 50.3 Å². The number of para-hydroxylation sites is 1. The van der Waals surface area contributed by atoms with Crippen LogP contribution in [-0.2, 0) is 11.2 Å². The fraction of sp³-hybridized carbons (Fsp3) is 0.286. The van der Waals surface area contributed by atoms with Crippen LogP contribution in [0.1, 0.15) is 31.4 Å². The maximum atomic E-state index is 11.8. The van der Waals surface area contributed by atoms with Crippen LogP contribution in [0.5, 0.6) is 11.5 Å². The first-order chi connectivity index (χ1) is 12.0. The van der Waals surface area contributed by atoms with Crippen LogP contribution in [0.3, 0.4) is 0 Å². The molecule has 1 aliphatic carbocycles. The molecule has 0 aliphatic heterocycles. The number of nitrogens with zero attached hydrogens (tertiary/aromatic N) is 1. The number of fused-ring (bicyclic) bond motifs is 1. The molecule has 2 aromatic rings. The van der Waals surface area contributed by atoms with Gasteiger partial charge in [0.1, 0.15) is 11.5 Å². The van der Waals surface area contributed by atoms with Gasteiger partial charge in [-0.3, -0.25) is 10.0 Å². The first-order valence-electron chi connectivity index (χ1n) is 8.59. The summed E-state index contributed by atoms with van der Waals surface area (Å²) < 4.78 is 6.02. The van der Waals surface area contributed by atoms with Crippen LogP contribution in [0.2, 0.25) is 0 Å². The van der Waals surface area contributed by atoms with Gasteiger partial charge in [-0.25, -0.2) is 5.06 Å². The van der Waals surface area contributed by atoms with Crippen molar-refractivity contribution in [3.63, 3.8) is 0 Å². The number of hydroxylamine groups is 2. The second-order valence-electron chi connectivity index (χ2n) is 6.59. The van der Waals surface area contributed by atoms with Crippen LogP contribution in [0, 0.1) is 5.92 Å². The largest absolute Gasteiger partial charge is 0.457 e. The van der Waals surface area contributed by atoms with Crippen molar-refractivity contribution in [3.8, 4) is 11.5 Å². The third kappa shape index (κ3) is 4.09. The van der Waals surface area contributed by atoms with E-state index >= 15 is 0 Å². The van der Waals surface area contributed by atoms with Crippen molar-refractivity contribution < 1.29 is 14.7 Å². The molecule has 130 valence electrons. The maximum absolute atomic E-state index is 11.8. The van der Waals surface area contributed by atoms with E-state index in [1.807, 2.05) is 54.6 Å². The molecule has 0 aromatic heterocycles. The standard InChI is InChI=1S/C21H23NO3/c1-15(2)21(23)22(24)14-16-11-12-19-17(13-16)7-6-10-20(19)25-18-8-4-3-5-9-18/h3-10,13,15,24H,11-12,14H2,1-2H3. The number of rotatable bonds is 5. The molecule has 0 saturated heterocycles. The molecule has 3 rings (SSSR count). The molecule has 0 bridgehead atoms. The molecule has 1 aliphatic rings. The van der Waals surface area contributed by atoms with Gasteiger partial charge in [-0.2, -0.15) is 0 Å². The van der Waals surface area contributed by atoms with Gasteiger partial charge in [0.25, 0.3) is 0 Å². The molecule has 1 amide bonds. The van der Waals surface area contributed by atoms with Crippen molar-refractivity contribution in [3.05, 3.63) is 65.2 Å². The Morgan fingerprint density at radius 1 is 1.12 bits per heavy atom. The molecule has 0 radical (unpaired) electrons. The molecule has 4 nitrogen and oxygen atoms in total. The fourth-order valence-electron chi connectivity index (χ4n) is 2.97. The van der Waals surface area contributed by atoms with Gasteiger partial charge in [0.15, 0.2) is 0 Å². The second-order valence-corrected chi connectivity index (χ2v) is 6.59. The van der Waals surface area contributed by atoms with Gasteiger partial charge < -0.3 is 4.74 Å². The Labute approximate surface area is 148 Å². The Morgan fingerprint density at radius 3 is 2.60 bits per heavy atom. The predicted molar refractivity (Wildman–Crippen MR) is 97.6 cm³/mol. The average molecular weight is 337 g/mol. The van der Waals surface area contributed by atoms with Crippen molar-refractivity contribution in [2.24, 2.45) is 5.92 Å². The van der Waals surface area contributed by atoms with Crippen LogP contribution in [0.25, 0.3) is 6.08 Å². The van der Waals surface area contributed by atoms with Crippen LogP contribution >= 0.6 is 0 Å². The Balaban J connectivity index is 1.78. The summed E-state index contributed by atoms with van der Waals surface area (Å²) in [4.78, 5) is 11.8.